The summed E-state index contributed by atoms with van der Waals surface area (Å²) in [4.78, 5) is 15.9. The summed E-state index contributed by atoms with van der Waals surface area (Å²) >= 11 is 5.91. The maximum absolute atomic E-state index is 13.8. The molecule has 0 atom stereocenters. The summed E-state index contributed by atoms with van der Waals surface area (Å²) in [5.41, 5.74) is 1.57. The van der Waals surface area contributed by atoms with E-state index in [-0.39, 0.29) is 10.7 Å². The van der Waals surface area contributed by atoms with E-state index in [1.54, 1.807) is 38.2 Å². The summed E-state index contributed by atoms with van der Waals surface area (Å²) in [6, 6.07) is 6.38. The first kappa shape index (κ1) is 13.5. The molecule has 3 nitrogen and oxygen atoms in total. The van der Waals surface area contributed by atoms with Gasteiger partial charge in [-0.2, -0.15) is 0 Å². The molecule has 1 N–H and O–H groups in total. The Kier molecular flexibility index (Phi) is 3.81. The maximum atomic E-state index is 13.8. The monoisotopic (exact) mass is 278 g/mol. The molecule has 0 saturated carbocycles. The minimum atomic E-state index is -0.542. The van der Waals surface area contributed by atoms with E-state index in [4.69, 9.17) is 11.6 Å². The molecule has 0 radical (unpaired) electrons. The first-order chi connectivity index (χ1) is 9.00. The highest BCUT2D eigenvalue weighted by Gasteiger charge is 2.15. The maximum Gasteiger partial charge on any atom is 0.258 e. The summed E-state index contributed by atoms with van der Waals surface area (Å²) < 4.78 is 13.8. The zero-order valence-electron chi connectivity index (χ0n) is 10.5. The molecule has 0 spiro atoms. The second kappa shape index (κ2) is 5.36. The third-order valence-electron chi connectivity index (χ3n) is 2.79. The topological polar surface area (TPSA) is 42.0 Å². The van der Waals surface area contributed by atoms with Gasteiger partial charge in [0.25, 0.3) is 5.91 Å². The van der Waals surface area contributed by atoms with Crippen molar-refractivity contribution in [2.24, 2.45) is 0 Å². The van der Waals surface area contributed by atoms with E-state index in [9.17, 15) is 9.18 Å². The van der Waals surface area contributed by atoms with Crippen molar-refractivity contribution in [1.29, 1.82) is 0 Å². The average Bonchev–Trinajstić information content (AvgIpc) is 2.37. The van der Waals surface area contributed by atoms with Crippen molar-refractivity contribution in [3.8, 4) is 0 Å². The molecule has 0 bridgehead atoms. The third-order valence-corrected chi connectivity index (χ3v) is 3.07. The van der Waals surface area contributed by atoms with Gasteiger partial charge in [0.1, 0.15) is 5.82 Å². The molecule has 0 saturated heterocycles. The fraction of sp³-hybridized carbons (Fsp3) is 0.143. The molecule has 0 aliphatic carbocycles. The first-order valence-corrected chi connectivity index (χ1v) is 6.06. The van der Waals surface area contributed by atoms with Gasteiger partial charge in [0.2, 0.25) is 0 Å². The quantitative estimate of drug-likeness (QED) is 0.850. The second-order valence-corrected chi connectivity index (χ2v) is 4.54. The molecule has 19 heavy (non-hydrogen) atoms. The molecule has 1 amide bonds. The minimum Gasteiger partial charge on any atom is -0.319 e. The van der Waals surface area contributed by atoms with Crippen molar-refractivity contribution in [2.75, 3.05) is 5.32 Å². The standard InChI is InChI=1S/C14H12ClFN2O/c1-8-4-3-5-10(11(8)16)14(19)18-12-9(2)6-7-17-13(12)15/h3-7H,1-2H3,(H,18,19). The van der Waals surface area contributed by atoms with Gasteiger partial charge < -0.3 is 5.32 Å². The average molecular weight is 279 g/mol. The van der Waals surface area contributed by atoms with Crippen LogP contribution >= 0.6 is 11.6 Å². The fourth-order valence-electron chi connectivity index (χ4n) is 1.68. The van der Waals surface area contributed by atoms with Crippen molar-refractivity contribution >= 4 is 23.2 Å². The lowest BCUT2D eigenvalue weighted by Crippen LogP contribution is -2.15. The number of carbonyl (C=O) groups is 1. The Morgan fingerprint density at radius 2 is 2.00 bits per heavy atom. The van der Waals surface area contributed by atoms with Crippen molar-refractivity contribution in [1.82, 2.24) is 4.98 Å². The Balaban J connectivity index is 2.34. The zero-order chi connectivity index (χ0) is 14.0. The zero-order valence-corrected chi connectivity index (χ0v) is 11.3. The number of halogens is 2. The van der Waals surface area contributed by atoms with Crippen LogP contribution < -0.4 is 5.32 Å². The van der Waals surface area contributed by atoms with E-state index < -0.39 is 11.7 Å². The summed E-state index contributed by atoms with van der Waals surface area (Å²) in [5.74, 6) is -1.07. The molecule has 1 aromatic heterocycles. The lowest BCUT2D eigenvalue weighted by Gasteiger charge is -2.10. The van der Waals surface area contributed by atoms with Crippen LogP contribution in [-0.4, -0.2) is 10.9 Å². The molecule has 0 aliphatic rings. The molecule has 0 fully saturated rings. The number of aryl methyl sites for hydroxylation is 2. The van der Waals surface area contributed by atoms with Crippen LogP contribution in [-0.2, 0) is 0 Å². The van der Waals surface area contributed by atoms with Gasteiger partial charge in [0, 0.05) is 6.20 Å². The number of carbonyl (C=O) groups excluding carboxylic acids is 1. The summed E-state index contributed by atoms with van der Waals surface area (Å²) in [5, 5.41) is 2.77. The van der Waals surface area contributed by atoms with Crippen LogP contribution in [0.5, 0.6) is 0 Å². The number of pyridine rings is 1. The molecule has 0 unspecified atom stereocenters. The molecule has 2 aromatic rings. The number of benzene rings is 1. The number of anilines is 1. The van der Waals surface area contributed by atoms with E-state index in [0.717, 1.165) is 5.56 Å². The summed E-state index contributed by atoms with van der Waals surface area (Å²) in [7, 11) is 0. The van der Waals surface area contributed by atoms with Crippen LogP contribution in [0.25, 0.3) is 0 Å². The van der Waals surface area contributed by atoms with Crippen LogP contribution in [0.15, 0.2) is 30.5 Å². The van der Waals surface area contributed by atoms with E-state index >= 15 is 0 Å². The highest BCUT2D eigenvalue weighted by Crippen LogP contribution is 2.24. The highest BCUT2D eigenvalue weighted by atomic mass is 35.5. The Morgan fingerprint density at radius 1 is 1.26 bits per heavy atom. The van der Waals surface area contributed by atoms with Crippen LogP contribution in [0, 0.1) is 19.7 Å². The smallest absolute Gasteiger partial charge is 0.258 e. The molecule has 1 heterocycles. The van der Waals surface area contributed by atoms with Gasteiger partial charge in [-0.15, -0.1) is 0 Å². The van der Waals surface area contributed by atoms with Crippen LogP contribution in [0.4, 0.5) is 10.1 Å². The van der Waals surface area contributed by atoms with Gasteiger partial charge in [0.05, 0.1) is 11.3 Å². The Hall–Kier alpha value is -1.94. The number of hydrogen-bond acceptors (Lipinski definition) is 2. The Morgan fingerprint density at radius 3 is 2.68 bits per heavy atom. The normalized spacial score (nSPS) is 10.3. The second-order valence-electron chi connectivity index (χ2n) is 4.18. The van der Waals surface area contributed by atoms with Gasteiger partial charge in [0.15, 0.2) is 5.15 Å². The highest BCUT2D eigenvalue weighted by molar-refractivity contribution is 6.32. The molecule has 0 aliphatic heterocycles. The molecular formula is C14H12ClFN2O. The number of nitrogens with one attached hydrogen (secondary N) is 1. The molecule has 2 rings (SSSR count). The van der Waals surface area contributed by atoms with E-state index in [1.165, 1.54) is 6.07 Å². The Bertz CT molecular complexity index is 623. The largest absolute Gasteiger partial charge is 0.319 e. The molecule has 5 heteroatoms. The molecular weight excluding hydrogens is 267 g/mol. The first-order valence-electron chi connectivity index (χ1n) is 5.68. The number of aromatic nitrogens is 1. The van der Waals surface area contributed by atoms with E-state index in [1.807, 2.05) is 0 Å². The van der Waals surface area contributed by atoms with E-state index in [0.29, 0.717) is 11.3 Å². The molecule has 1 aromatic carbocycles. The summed E-state index contributed by atoms with van der Waals surface area (Å²) in [6.07, 6.45) is 1.54. The number of rotatable bonds is 2. The van der Waals surface area contributed by atoms with Crippen LogP contribution in [0.2, 0.25) is 5.15 Å². The lowest BCUT2D eigenvalue weighted by molar-refractivity contribution is 0.102. The Labute approximate surface area is 115 Å². The van der Waals surface area contributed by atoms with Crippen molar-refractivity contribution in [3.63, 3.8) is 0 Å². The van der Waals surface area contributed by atoms with Gasteiger partial charge in [-0.25, -0.2) is 9.37 Å². The predicted molar refractivity (Wildman–Crippen MR) is 73.1 cm³/mol. The lowest BCUT2D eigenvalue weighted by atomic mass is 10.1. The van der Waals surface area contributed by atoms with Crippen molar-refractivity contribution < 1.29 is 9.18 Å². The van der Waals surface area contributed by atoms with Crippen LogP contribution in [0.1, 0.15) is 21.5 Å². The predicted octanol–water partition coefficient (Wildman–Crippen LogP) is 3.74. The number of amides is 1. The number of nitrogens with zero attached hydrogens (tertiary/aromatic N) is 1. The molecule has 98 valence electrons. The number of hydrogen-bond donors (Lipinski definition) is 1. The van der Waals surface area contributed by atoms with Gasteiger partial charge >= 0.3 is 0 Å². The van der Waals surface area contributed by atoms with Gasteiger partial charge in [-0.3, -0.25) is 4.79 Å². The van der Waals surface area contributed by atoms with Crippen molar-refractivity contribution in [3.05, 3.63) is 58.1 Å². The van der Waals surface area contributed by atoms with Gasteiger partial charge in [-0.1, -0.05) is 23.7 Å². The summed E-state index contributed by atoms with van der Waals surface area (Å²) in [6.45, 7) is 3.39. The third kappa shape index (κ3) is 2.74. The van der Waals surface area contributed by atoms with Crippen LogP contribution in [0.3, 0.4) is 0 Å². The fourth-order valence-corrected chi connectivity index (χ4v) is 1.93. The SMILES string of the molecule is Cc1cccc(C(=O)Nc2c(C)ccnc2Cl)c1F. The van der Waals surface area contributed by atoms with Crippen molar-refractivity contribution in [2.45, 2.75) is 13.8 Å². The van der Waals surface area contributed by atoms with Gasteiger partial charge in [-0.05, 0) is 37.1 Å². The minimum absolute atomic E-state index is 0.0145. The van der Waals surface area contributed by atoms with E-state index in [2.05, 4.69) is 10.3 Å².